The first-order chi connectivity index (χ1) is 13.6. The summed E-state index contributed by atoms with van der Waals surface area (Å²) in [6, 6.07) is 2.95. The molecule has 1 aromatic heterocycles. The Balaban J connectivity index is 1.75. The van der Waals surface area contributed by atoms with Crippen LogP contribution in [0.3, 0.4) is 0 Å². The van der Waals surface area contributed by atoms with Gasteiger partial charge in [-0.25, -0.2) is 4.98 Å². The van der Waals surface area contributed by atoms with Gasteiger partial charge in [-0.1, -0.05) is 18.2 Å². The topological polar surface area (TPSA) is 56.3 Å². The van der Waals surface area contributed by atoms with Crippen LogP contribution >= 0.6 is 0 Å². The molecule has 5 rings (SSSR count). The monoisotopic (exact) mass is 374 g/mol. The fourth-order valence-electron chi connectivity index (χ4n) is 4.60. The zero-order valence-electron chi connectivity index (χ0n) is 16.8. The molecule has 1 atom stereocenters. The standard InChI is InChI=1S/C23H26N4O/c1-14-18(12-24)20-22(28-23(25-20)16-8-9-16)21(19(14)15-6-4-5-7-15)27-11-10-17(13-27)26(2)3/h4-6,16-17H,7-11,13H2,1-3H3/t17-/m0/s1. The summed E-state index contributed by atoms with van der Waals surface area (Å²) >= 11 is 0. The molecule has 1 saturated carbocycles. The van der Waals surface area contributed by atoms with Crippen LogP contribution in [0.1, 0.15) is 54.2 Å². The minimum absolute atomic E-state index is 0.427. The highest BCUT2D eigenvalue weighted by Crippen LogP contribution is 2.47. The average Bonchev–Trinajstić information content (AvgIpc) is 3.09. The molecule has 0 bridgehead atoms. The third-order valence-corrected chi connectivity index (χ3v) is 6.42. The molecule has 2 aliphatic carbocycles. The zero-order chi connectivity index (χ0) is 19.4. The molecule has 1 saturated heterocycles. The molecule has 5 nitrogen and oxygen atoms in total. The van der Waals surface area contributed by atoms with Crippen molar-refractivity contribution in [3.05, 3.63) is 40.8 Å². The number of aromatic nitrogens is 1. The third-order valence-electron chi connectivity index (χ3n) is 6.42. The van der Waals surface area contributed by atoms with Crippen LogP contribution in [-0.4, -0.2) is 43.1 Å². The van der Waals surface area contributed by atoms with Gasteiger partial charge in [-0.05, 0) is 57.8 Å². The maximum atomic E-state index is 9.93. The van der Waals surface area contributed by atoms with E-state index in [1.165, 1.54) is 11.1 Å². The first-order valence-electron chi connectivity index (χ1n) is 10.2. The molecule has 2 aromatic rings. The molecule has 0 radical (unpaired) electrons. The van der Waals surface area contributed by atoms with Crippen LogP contribution in [0.5, 0.6) is 0 Å². The Kier molecular flexibility index (Phi) is 4.06. The first-order valence-corrected chi connectivity index (χ1v) is 10.2. The molecule has 1 aliphatic heterocycles. The fourth-order valence-corrected chi connectivity index (χ4v) is 4.60. The van der Waals surface area contributed by atoms with Gasteiger partial charge in [-0.3, -0.25) is 0 Å². The number of oxazole rings is 1. The lowest BCUT2D eigenvalue weighted by atomic mass is 9.92. The Bertz CT molecular complexity index is 1050. The highest BCUT2D eigenvalue weighted by atomic mass is 16.4. The molecule has 0 N–H and O–H groups in total. The van der Waals surface area contributed by atoms with Crippen molar-refractivity contribution in [2.24, 2.45) is 0 Å². The minimum Gasteiger partial charge on any atom is -0.438 e. The second-order valence-electron chi connectivity index (χ2n) is 8.52. The van der Waals surface area contributed by atoms with Crippen molar-refractivity contribution in [1.29, 1.82) is 5.26 Å². The predicted molar refractivity (Wildman–Crippen MR) is 111 cm³/mol. The van der Waals surface area contributed by atoms with Gasteiger partial charge in [0.05, 0.1) is 11.3 Å². The molecule has 2 fully saturated rings. The van der Waals surface area contributed by atoms with Crippen LogP contribution in [0, 0.1) is 18.3 Å². The summed E-state index contributed by atoms with van der Waals surface area (Å²) in [7, 11) is 4.30. The van der Waals surface area contributed by atoms with Crippen LogP contribution in [0.15, 0.2) is 22.6 Å². The van der Waals surface area contributed by atoms with E-state index >= 15 is 0 Å². The van der Waals surface area contributed by atoms with Crippen molar-refractivity contribution in [3.8, 4) is 6.07 Å². The normalized spacial score (nSPS) is 21.8. The van der Waals surface area contributed by atoms with E-state index < -0.39 is 0 Å². The number of anilines is 1. The third kappa shape index (κ3) is 2.67. The van der Waals surface area contributed by atoms with Crippen LogP contribution in [0.25, 0.3) is 16.7 Å². The Morgan fingerprint density at radius 2 is 2.11 bits per heavy atom. The lowest BCUT2D eigenvalue weighted by Crippen LogP contribution is -2.31. The van der Waals surface area contributed by atoms with E-state index in [4.69, 9.17) is 9.40 Å². The number of hydrogen-bond donors (Lipinski definition) is 0. The molecule has 0 spiro atoms. The second-order valence-corrected chi connectivity index (χ2v) is 8.52. The smallest absolute Gasteiger partial charge is 0.198 e. The maximum absolute atomic E-state index is 9.93. The number of nitrogens with zero attached hydrogens (tertiary/aromatic N) is 4. The lowest BCUT2D eigenvalue weighted by molar-refractivity contribution is 0.315. The Labute approximate surface area is 165 Å². The van der Waals surface area contributed by atoms with Crippen molar-refractivity contribution in [2.45, 2.75) is 44.6 Å². The summed E-state index contributed by atoms with van der Waals surface area (Å²) in [5.41, 5.74) is 6.84. The molecule has 0 unspecified atom stereocenters. The lowest BCUT2D eigenvalue weighted by Gasteiger charge is -2.26. The molecule has 28 heavy (non-hydrogen) atoms. The molecule has 144 valence electrons. The summed E-state index contributed by atoms with van der Waals surface area (Å²) < 4.78 is 6.36. The first kappa shape index (κ1) is 17.5. The van der Waals surface area contributed by atoms with E-state index in [2.05, 4.69) is 55.1 Å². The van der Waals surface area contributed by atoms with E-state index in [1.54, 1.807) is 0 Å². The highest BCUT2D eigenvalue weighted by molar-refractivity contribution is 6.00. The molecular formula is C23H26N4O. The summed E-state index contributed by atoms with van der Waals surface area (Å²) in [6.45, 7) is 4.04. The summed E-state index contributed by atoms with van der Waals surface area (Å²) in [4.78, 5) is 9.56. The predicted octanol–water partition coefficient (Wildman–Crippen LogP) is 4.37. The Morgan fingerprint density at radius 3 is 2.71 bits per heavy atom. The number of likely N-dealkylation sites (N-methyl/N-ethyl adjacent to an activating group) is 1. The molecular weight excluding hydrogens is 348 g/mol. The Morgan fingerprint density at radius 1 is 1.29 bits per heavy atom. The van der Waals surface area contributed by atoms with E-state index in [-0.39, 0.29) is 0 Å². The van der Waals surface area contributed by atoms with E-state index in [0.29, 0.717) is 17.5 Å². The van der Waals surface area contributed by atoms with Crippen molar-refractivity contribution in [1.82, 2.24) is 9.88 Å². The average molecular weight is 374 g/mol. The SMILES string of the molecule is Cc1c(C2=CC=CC2)c(N2CC[C@H](N(C)C)C2)c2oc(C3CC3)nc2c1C#N. The summed E-state index contributed by atoms with van der Waals surface area (Å²) in [6.07, 6.45) is 10.8. The van der Waals surface area contributed by atoms with E-state index in [1.807, 2.05) is 0 Å². The van der Waals surface area contributed by atoms with Crippen molar-refractivity contribution < 1.29 is 4.42 Å². The van der Waals surface area contributed by atoms with Gasteiger partial charge >= 0.3 is 0 Å². The minimum atomic E-state index is 0.427. The molecule has 2 heterocycles. The van der Waals surface area contributed by atoms with Gasteiger partial charge in [0.2, 0.25) is 0 Å². The van der Waals surface area contributed by atoms with Crippen LogP contribution in [0.2, 0.25) is 0 Å². The van der Waals surface area contributed by atoms with Crippen molar-refractivity contribution in [3.63, 3.8) is 0 Å². The zero-order valence-corrected chi connectivity index (χ0v) is 16.8. The summed E-state index contributed by atoms with van der Waals surface area (Å²) in [5.74, 6) is 1.24. The van der Waals surface area contributed by atoms with Gasteiger partial charge in [0.1, 0.15) is 11.6 Å². The van der Waals surface area contributed by atoms with Gasteiger partial charge < -0.3 is 14.2 Å². The van der Waals surface area contributed by atoms with Crippen LogP contribution in [-0.2, 0) is 0 Å². The number of allylic oxidation sites excluding steroid dienone is 4. The number of fused-ring (bicyclic) bond motifs is 1. The van der Waals surface area contributed by atoms with Gasteiger partial charge in [0, 0.05) is 30.6 Å². The molecule has 5 heteroatoms. The quantitative estimate of drug-likeness (QED) is 0.795. The molecule has 1 aromatic carbocycles. The van der Waals surface area contributed by atoms with Crippen LogP contribution in [0.4, 0.5) is 5.69 Å². The second kappa shape index (κ2) is 6.49. The van der Waals surface area contributed by atoms with Crippen molar-refractivity contribution in [2.75, 3.05) is 32.1 Å². The summed E-state index contributed by atoms with van der Waals surface area (Å²) in [5, 5.41) is 9.93. The van der Waals surface area contributed by atoms with Gasteiger partial charge in [0.15, 0.2) is 11.5 Å². The van der Waals surface area contributed by atoms with Crippen molar-refractivity contribution >= 4 is 22.4 Å². The largest absolute Gasteiger partial charge is 0.438 e. The highest BCUT2D eigenvalue weighted by Gasteiger charge is 2.35. The number of benzene rings is 1. The number of rotatable bonds is 4. The van der Waals surface area contributed by atoms with Gasteiger partial charge in [-0.15, -0.1) is 0 Å². The van der Waals surface area contributed by atoms with Crippen LogP contribution < -0.4 is 4.90 Å². The number of nitriles is 1. The Hall–Kier alpha value is -2.58. The maximum Gasteiger partial charge on any atom is 0.198 e. The van der Waals surface area contributed by atoms with E-state index in [9.17, 15) is 5.26 Å². The van der Waals surface area contributed by atoms with Gasteiger partial charge in [-0.2, -0.15) is 5.26 Å². The van der Waals surface area contributed by atoms with E-state index in [0.717, 1.165) is 67.0 Å². The van der Waals surface area contributed by atoms with Gasteiger partial charge in [0.25, 0.3) is 0 Å². The molecule has 3 aliphatic rings. The fraction of sp³-hybridized carbons (Fsp3) is 0.478. The number of hydrogen-bond acceptors (Lipinski definition) is 5. The molecule has 0 amide bonds.